The van der Waals surface area contributed by atoms with E-state index in [9.17, 15) is 4.79 Å². The molecule has 0 saturated carbocycles. The van der Waals surface area contributed by atoms with Gasteiger partial charge in [0.1, 0.15) is 19.0 Å². The number of allylic oxidation sites excluding steroid dienone is 2. The third kappa shape index (κ3) is 8.35. The summed E-state index contributed by atoms with van der Waals surface area (Å²) >= 11 is 0. The Hall–Kier alpha value is -1.77. The number of carbonyl (C=O) groups excluding carboxylic acids is 1. The summed E-state index contributed by atoms with van der Waals surface area (Å²) in [4.78, 5) is 17.2. The van der Waals surface area contributed by atoms with Crippen LogP contribution in [0.2, 0.25) is 18.1 Å². The van der Waals surface area contributed by atoms with Crippen LogP contribution in [0.25, 0.3) is 0 Å². The number of amides is 1. The number of hydrogen-bond acceptors (Lipinski definition) is 5. The van der Waals surface area contributed by atoms with Gasteiger partial charge in [0.15, 0.2) is 8.32 Å². The third-order valence-electron chi connectivity index (χ3n) is 5.58. The summed E-state index contributed by atoms with van der Waals surface area (Å²) in [6.07, 6.45) is 4.78. The van der Waals surface area contributed by atoms with Gasteiger partial charge in [-0.2, -0.15) is 0 Å². The van der Waals surface area contributed by atoms with E-state index < -0.39 is 14.4 Å². The Morgan fingerprint density at radius 2 is 1.77 bits per heavy atom. The summed E-state index contributed by atoms with van der Waals surface area (Å²) in [5.41, 5.74) is 1.58. The zero-order chi connectivity index (χ0) is 23.7. The number of methoxy groups -OCH3 is 1. The van der Waals surface area contributed by atoms with Crippen LogP contribution in [-0.4, -0.2) is 53.5 Å². The summed E-state index contributed by atoms with van der Waals surface area (Å²) < 4.78 is 18.0. The summed E-state index contributed by atoms with van der Waals surface area (Å²) in [5, 5.41) is 1.23. The van der Waals surface area contributed by atoms with Crippen molar-refractivity contribution < 1.29 is 23.5 Å². The van der Waals surface area contributed by atoms with Gasteiger partial charge in [-0.3, -0.25) is 9.63 Å². The number of ether oxygens (including phenoxy) is 2. The molecule has 1 rings (SSSR count). The van der Waals surface area contributed by atoms with E-state index in [-0.39, 0.29) is 23.8 Å². The van der Waals surface area contributed by atoms with E-state index >= 15 is 0 Å². The van der Waals surface area contributed by atoms with Crippen LogP contribution in [0.1, 0.15) is 39.4 Å². The van der Waals surface area contributed by atoms with Crippen LogP contribution in [0.3, 0.4) is 0 Å². The highest BCUT2D eigenvalue weighted by molar-refractivity contribution is 6.74. The van der Waals surface area contributed by atoms with Crippen LogP contribution >= 0.6 is 0 Å². The van der Waals surface area contributed by atoms with E-state index in [4.69, 9.17) is 18.7 Å². The Balaban J connectivity index is 3.27. The number of rotatable bonds is 11. The van der Waals surface area contributed by atoms with Crippen molar-refractivity contribution in [2.24, 2.45) is 0 Å². The Labute approximate surface area is 188 Å². The van der Waals surface area contributed by atoms with E-state index in [1.807, 2.05) is 42.5 Å². The Bertz CT molecular complexity index is 740. The van der Waals surface area contributed by atoms with Crippen molar-refractivity contribution in [1.29, 1.82) is 0 Å². The second-order valence-corrected chi connectivity index (χ2v) is 13.7. The zero-order valence-corrected chi connectivity index (χ0v) is 21.5. The highest BCUT2D eigenvalue weighted by atomic mass is 28.4. The van der Waals surface area contributed by atoms with Gasteiger partial charge in [0, 0.05) is 19.7 Å². The van der Waals surface area contributed by atoms with E-state index in [0.29, 0.717) is 5.57 Å². The number of hydrogen-bond donors (Lipinski definition) is 0. The Kier molecular flexibility index (Phi) is 10.8. The Morgan fingerprint density at radius 1 is 1.16 bits per heavy atom. The predicted molar refractivity (Wildman–Crippen MR) is 127 cm³/mol. The standard InChI is InChI=1S/C24H39NO5Si/c1-19(23(26)25(5)28-7)14-13-17-21(29-18-27-6)22(20-15-11-10-12-16-20)30-31(8,9)24(2,3)4/h10-17,21-22H,18H2,1-9H3/b17-13+,19-14+/t21-,22-/m1/s1. The first-order chi connectivity index (χ1) is 14.4. The first kappa shape index (κ1) is 27.3. The van der Waals surface area contributed by atoms with Gasteiger partial charge in [-0.05, 0) is 30.6 Å². The molecule has 0 unspecified atom stereocenters. The molecular weight excluding hydrogens is 410 g/mol. The van der Waals surface area contributed by atoms with Gasteiger partial charge >= 0.3 is 0 Å². The van der Waals surface area contributed by atoms with Crippen LogP contribution in [0.4, 0.5) is 0 Å². The van der Waals surface area contributed by atoms with Gasteiger partial charge in [-0.15, -0.1) is 0 Å². The van der Waals surface area contributed by atoms with Gasteiger partial charge in [-0.25, -0.2) is 5.06 Å². The summed E-state index contributed by atoms with van der Waals surface area (Å²) in [5.74, 6) is -0.210. The fourth-order valence-electron chi connectivity index (χ4n) is 2.56. The highest BCUT2D eigenvalue weighted by Gasteiger charge is 2.41. The van der Waals surface area contributed by atoms with Gasteiger partial charge in [0.25, 0.3) is 5.91 Å². The second-order valence-electron chi connectivity index (χ2n) is 8.97. The van der Waals surface area contributed by atoms with Crippen molar-refractivity contribution in [3.05, 3.63) is 59.7 Å². The van der Waals surface area contributed by atoms with Crippen molar-refractivity contribution in [2.75, 3.05) is 28.1 Å². The average molecular weight is 450 g/mol. The maximum absolute atomic E-state index is 12.2. The van der Waals surface area contributed by atoms with Crippen LogP contribution in [-0.2, 0) is 23.5 Å². The molecule has 0 N–H and O–H groups in total. The Morgan fingerprint density at radius 3 is 2.29 bits per heavy atom. The SMILES string of the molecule is COCO[C@H](/C=C/C=C(\C)C(=O)N(C)OC)[C@H](O[Si](C)(C)C(C)(C)C)c1ccccc1. The lowest BCUT2D eigenvalue weighted by Crippen LogP contribution is -2.44. The molecule has 0 bridgehead atoms. The topological polar surface area (TPSA) is 57.2 Å². The monoisotopic (exact) mass is 449 g/mol. The van der Waals surface area contributed by atoms with Crippen LogP contribution in [0, 0.1) is 0 Å². The minimum Gasteiger partial charge on any atom is -0.407 e. The molecule has 0 fully saturated rings. The van der Waals surface area contributed by atoms with Crippen LogP contribution in [0.5, 0.6) is 0 Å². The molecule has 0 heterocycles. The molecule has 31 heavy (non-hydrogen) atoms. The van der Waals surface area contributed by atoms with Crippen LogP contribution in [0.15, 0.2) is 54.1 Å². The molecule has 1 amide bonds. The summed E-state index contributed by atoms with van der Waals surface area (Å²) in [6, 6.07) is 10.1. The molecule has 6 nitrogen and oxygen atoms in total. The molecule has 0 spiro atoms. The molecule has 1 aromatic rings. The highest BCUT2D eigenvalue weighted by Crippen LogP contribution is 2.41. The number of carbonyl (C=O) groups is 1. The minimum atomic E-state index is -2.10. The molecule has 0 saturated heterocycles. The molecule has 0 radical (unpaired) electrons. The number of likely N-dealkylation sites (N-methyl/N-ethyl adjacent to an activating group) is 1. The molecule has 7 heteroatoms. The van der Waals surface area contributed by atoms with Gasteiger partial charge < -0.3 is 13.9 Å². The van der Waals surface area contributed by atoms with E-state index in [2.05, 4.69) is 33.9 Å². The van der Waals surface area contributed by atoms with Crippen molar-refractivity contribution in [3.8, 4) is 0 Å². The van der Waals surface area contributed by atoms with Crippen molar-refractivity contribution in [3.63, 3.8) is 0 Å². The van der Waals surface area contributed by atoms with E-state index in [0.717, 1.165) is 5.56 Å². The normalized spacial score (nSPS) is 15.2. The minimum absolute atomic E-state index is 0.0448. The van der Waals surface area contributed by atoms with E-state index in [1.54, 1.807) is 27.2 Å². The summed E-state index contributed by atoms with van der Waals surface area (Å²) in [6.45, 7) is 13.0. The number of benzene rings is 1. The lowest BCUT2D eigenvalue weighted by Gasteiger charge is -2.41. The number of nitrogens with zero attached hydrogens (tertiary/aromatic N) is 1. The third-order valence-corrected chi connectivity index (χ3v) is 10.0. The largest absolute Gasteiger partial charge is 0.407 e. The molecular formula is C24H39NO5Si. The molecule has 0 aliphatic carbocycles. The maximum Gasteiger partial charge on any atom is 0.272 e. The first-order valence-corrected chi connectivity index (χ1v) is 13.4. The lowest BCUT2D eigenvalue weighted by atomic mass is 10.0. The summed E-state index contributed by atoms with van der Waals surface area (Å²) in [7, 11) is 2.53. The number of hydroxylamine groups is 2. The maximum atomic E-state index is 12.2. The zero-order valence-electron chi connectivity index (χ0n) is 20.5. The molecule has 1 aromatic carbocycles. The first-order valence-electron chi connectivity index (χ1n) is 10.4. The van der Waals surface area contributed by atoms with Gasteiger partial charge in [0.2, 0.25) is 0 Å². The average Bonchev–Trinajstić information content (AvgIpc) is 2.73. The molecule has 0 aromatic heterocycles. The lowest BCUT2D eigenvalue weighted by molar-refractivity contribution is -0.163. The fraction of sp³-hybridized carbons (Fsp3) is 0.542. The van der Waals surface area contributed by atoms with Gasteiger partial charge in [-0.1, -0.05) is 69.3 Å². The fourth-order valence-corrected chi connectivity index (χ4v) is 3.82. The molecule has 0 aliphatic heterocycles. The second kappa shape index (κ2) is 12.3. The smallest absolute Gasteiger partial charge is 0.272 e. The van der Waals surface area contributed by atoms with E-state index in [1.165, 1.54) is 12.2 Å². The molecule has 174 valence electrons. The molecule has 2 atom stereocenters. The van der Waals surface area contributed by atoms with Crippen molar-refractivity contribution >= 4 is 14.2 Å². The van der Waals surface area contributed by atoms with Crippen LogP contribution < -0.4 is 0 Å². The molecule has 0 aliphatic rings. The predicted octanol–water partition coefficient (Wildman–Crippen LogP) is 5.26. The van der Waals surface area contributed by atoms with Crippen molar-refractivity contribution in [2.45, 2.75) is 58.0 Å². The van der Waals surface area contributed by atoms with Gasteiger partial charge in [0.05, 0.1) is 7.11 Å². The quantitative estimate of drug-likeness (QED) is 0.152. The van der Waals surface area contributed by atoms with Crippen molar-refractivity contribution in [1.82, 2.24) is 5.06 Å².